The van der Waals surface area contributed by atoms with E-state index in [1.807, 2.05) is 18.5 Å². The van der Waals surface area contributed by atoms with E-state index in [4.69, 9.17) is 0 Å². The van der Waals surface area contributed by atoms with Gasteiger partial charge in [-0.2, -0.15) is 5.10 Å². The molecule has 2 aliphatic carbocycles. The first-order valence-corrected chi connectivity index (χ1v) is 10.4. The second kappa shape index (κ2) is 7.49. The molecule has 1 aromatic carbocycles. The van der Waals surface area contributed by atoms with Gasteiger partial charge in [-0.25, -0.2) is 0 Å². The monoisotopic (exact) mass is 365 g/mol. The first kappa shape index (κ1) is 18.3. The average molecular weight is 366 g/mol. The van der Waals surface area contributed by atoms with E-state index in [0.717, 1.165) is 17.3 Å². The van der Waals surface area contributed by atoms with Gasteiger partial charge in [0.15, 0.2) is 0 Å². The minimum absolute atomic E-state index is 0.0814. The van der Waals surface area contributed by atoms with Crippen LogP contribution in [0.2, 0.25) is 0 Å². The first-order chi connectivity index (χ1) is 13.0. The highest BCUT2D eigenvalue weighted by atomic mass is 16.2. The minimum atomic E-state index is -0.0814. The Bertz CT molecular complexity index is 797. The van der Waals surface area contributed by atoms with Crippen LogP contribution >= 0.6 is 0 Å². The Hall–Kier alpha value is -2.10. The Labute approximate surface area is 162 Å². The van der Waals surface area contributed by atoms with E-state index < -0.39 is 0 Å². The van der Waals surface area contributed by atoms with Crippen LogP contribution in [0.5, 0.6) is 0 Å². The number of benzene rings is 1. The lowest BCUT2D eigenvalue weighted by Gasteiger charge is -2.55. The molecule has 27 heavy (non-hydrogen) atoms. The number of aryl methyl sites for hydroxylation is 2. The molecule has 2 aromatic rings. The van der Waals surface area contributed by atoms with E-state index in [-0.39, 0.29) is 17.9 Å². The summed E-state index contributed by atoms with van der Waals surface area (Å²) >= 11 is 0. The highest BCUT2D eigenvalue weighted by Gasteiger charge is 2.51. The van der Waals surface area contributed by atoms with Crippen molar-refractivity contribution in [3.63, 3.8) is 0 Å². The normalized spacial score (nSPS) is 28.1. The highest BCUT2D eigenvalue weighted by molar-refractivity contribution is 5.79. The number of hydrogen-bond acceptors (Lipinski definition) is 2. The van der Waals surface area contributed by atoms with Crippen molar-refractivity contribution in [2.75, 3.05) is 0 Å². The molecule has 0 unspecified atom stereocenters. The van der Waals surface area contributed by atoms with Crippen molar-refractivity contribution in [2.45, 2.75) is 65.0 Å². The molecule has 0 aliphatic heterocycles. The van der Waals surface area contributed by atoms with Crippen molar-refractivity contribution in [2.24, 2.45) is 17.8 Å². The summed E-state index contributed by atoms with van der Waals surface area (Å²) in [4.78, 5) is 13.0. The summed E-state index contributed by atoms with van der Waals surface area (Å²) in [5.41, 5.74) is 3.51. The Kier molecular flexibility index (Phi) is 5.07. The molecule has 0 saturated heterocycles. The lowest BCUT2D eigenvalue weighted by Crippen LogP contribution is -2.60. The molecule has 2 aliphatic rings. The van der Waals surface area contributed by atoms with Crippen molar-refractivity contribution in [1.82, 2.24) is 15.1 Å². The molecule has 1 aromatic heterocycles. The van der Waals surface area contributed by atoms with Crippen molar-refractivity contribution in [3.05, 3.63) is 53.3 Å². The van der Waals surface area contributed by atoms with E-state index in [2.05, 4.69) is 53.7 Å². The molecule has 1 N–H and O–H groups in total. The van der Waals surface area contributed by atoms with Gasteiger partial charge < -0.3 is 5.32 Å². The maximum absolute atomic E-state index is 13.0. The number of hydrogen-bond donors (Lipinski definition) is 1. The summed E-state index contributed by atoms with van der Waals surface area (Å²) in [6.45, 7) is 6.70. The van der Waals surface area contributed by atoms with Gasteiger partial charge in [-0.1, -0.05) is 50.1 Å². The summed E-state index contributed by atoms with van der Waals surface area (Å²) < 4.78 is 1.96. The van der Waals surface area contributed by atoms with Crippen LogP contribution in [0.1, 0.15) is 55.5 Å². The van der Waals surface area contributed by atoms with Gasteiger partial charge in [-0.15, -0.1) is 0 Å². The number of rotatable bonds is 5. The van der Waals surface area contributed by atoms with Crippen LogP contribution in [0.3, 0.4) is 0 Å². The summed E-state index contributed by atoms with van der Waals surface area (Å²) in [5.74, 6) is 1.94. The molecule has 4 nitrogen and oxygen atoms in total. The average Bonchev–Trinajstić information content (AvgIpc) is 2.97. The summed E-state index contributed by atoms with van der Waals surface area (Å²) in [7, 11) is 0. The van der Waals surface area contributed by atoms with Crippen molar-refractivity contribution < 1.29 is 4.79 Å². The van der Waals surface area contributed by atoms with Gasteiger partial charge in [0.25, 0.3) is 0 Å². The van der Waals surface area contributed by atoms with Crippen molar-refractivity contribution in [1.29, 1.82) is 0 Å². The Morgan fingerprint density at radius 1 is 1.19 bits per heavy atom. The van der Waals surface area contributed by atoms with Gasteiger partial charge in [0.2, 0.25) is 5.91 Å². The standard InChI is InChI=1S/C23H31N3O/c1-15(14-26-17(3)13-16(2)25-26)23(27)24-22-20-12-8-7-11-19(20)21(22)18-9-5-4-6-10-18/h4-6,9-10,13,15,19-22H,7-8,11-12,14H2,1-3H3,(H,24,27)/t15-,19-,20+,21-,22-/m0/s1. The molecule has 2 saturated carbocycles. The third-order valence-electron chi connectivity index (χ3n) is 6.68. The lowest BCUT2D eigenvalue weighted by atomic mass is 9.53. The largest absolute Gasteiger partial charge is 0.352 e. The van der Waals surface area contributed by atoms with Gasteiger partial charge in [-0.05, 0) is 50.2 Å². The predicted molar refractivity (Wildman–Crippen MR) is 107 cm³/mol. The van der Waals surface area contributed by atoms with Gasteiger partial charge in [0, 0.05) is 17.7 Å². The second-order valence-corrected chi connectivity index (χ2v) is 8.59. The fourth-order valence-electron chi connectivity index (χ4n) is 5.30. The summed E-state index contributed by atoms with van der Waals surface area (Å²) in [6.07, 6.45) is 5.19. The lowest BCUT2D eigenvalue weighted by molar-refractivity contribution is -0.128. The second-order valence-electron chi connectivity index (χ2n) is 8.59. The van der Waals surface area contributed by atoms with E-state index in [1.54, 1.807) is 0 Å². The van der Waals surface area contributed by atoms with Crippen LogP contribution in [-0.2, 0) is 11.3 Å². The number of carbonyl (C=O) groups excluding carboxylic acids is 1. The highest BCUT2D eigenvalue weighted by Crippen LogP contribution is 2.54. The third-order valence-corrected chi connectivity index (χ3v) is 6.68. The Balaban J connectivity index is 1.46. The van der Waals surface area contributed by atoms with E-state index >= 15 is 0 Å². The smallest absolute Gasteiger partial charge is 0.224 e. The topological polar surface area (TPSA) is 46.9 Å². The fourth-order valence-corrected chi connectivity index (χ4v) is 5.30. The molecule has 1 heterocycles. The van der Waals surface area contributed by atoms with Gasteiger partial charge >= 0.3 is 0 Å². The molecular formula is C23H31N3O. The molecule has 0 spiro atoms. The zero-order chi connectivity index (χ0) is 19.0. The molecule has 5 atom stereocenters. The quantitative estimate of drug-likeness (QED) is 0.862. The summed E-state index contributed by atoms with van der Waals surface area (Å²) in [5, 5.41) is 7.94. The number of nitrogens with one attached hydrogen (secondary N) is 1. The Morgan fingerprint density at radius 2 is 1.89 bits per heavy atom. The molecular weight excluding hydrogens is 334 g/mol. The zero-order valence-corrected chi connectivity index (χ0v) is 16.7. The minimum Gasteiger partial charge on any atom is -0.352 e. The molecule has 4 heteroatoms. The SMILES string of the molecule is Cc1cc(C)n(C[C@H](C)C(=O)N[C@H]2[C@@H]3CCCC[C@@H]3[C@@H]2c2ccccc2)n1. The molecule has 0 radical (unpaired) electrons. The number of amides is 1. The van der Waals surface area contributed by atoms with Crippen LogP contribution in [0.25, 0.3) is 0 Å². The van der Waals surface area contributed by atoms with Crippen LogP contribution in [-0.4, -0.2) is 21.7 Å². The van der Waals surface area contributed by atoms with E-state index in [0.29, 0.717) is 18.4 Å². The predicted octanol–water partition coefficient (Wildman–Crippen LogP) is 4.22. The number of fused-ring (bicyclic) bond motifs is 1. The maximum Gasteiger partial charge on any atom is 0.224 e. The first-order valence-electron chi connectivity index (χ1n) is 10.4. The zero-order valence-electron chi connectivity index (χ0n) is 16.7. The van der Waals surface area contributed by atoms with Crippen LogP contribution in [0.4, 0.5) is 0 Å². The molecule has 2 fully saturated rings. The van der Waals surface area contributed by atoms with Crippen LogP contribution < -0.4 is 5.32 Å². The maximum atomic E-state index is 13.0. The van der Waals surface area contributed by atoms with Crippen molar-refractivity contribution >= 4 is 5.91 Å². The summed E-state index contributed by atoms with van der Waals surface area (Å²) in [6, 6.07) is 13.1. The number of nitrogens with zero attached hydrogens (tertiary/aromatic N) is 2. The van der Waals surface area contributed by atoms with Gasteiger partial charge in [-0.3, -0.25) is 9.48 Å². The van der Waals surface area contributed by atoms with E-state index in [9.17, 15) is 4.79 Å². The Morgan fingerprint density at radius 3 is 2.56 bits per heavy atom. The molecule has 0 bridgehead atoms. The van der Waals surface area contributed by atoms with Gasteiger partial charge in [0.05, 0.1) is 18.2 Å². The van der Waals surface area contributed by atoms with Crippen LogP contribution in [0.15, 0.2) is 36.4 Å². The fraction of sp³-hybridized carbons (Fsp3) is 0.565. The van der Waals surface area contributed by atoms with E-state index in [1.165, 1.54) is 31.2 Å². The van der Waals surface area contributed by atoms with Gasteiger partial charge in [0.1, 0.15) is 0 Å². The number of carbonyl (C=O) groups is 1. The van der Waals surface area contributed by atoms with Crippen LogP contribution in [0, 0.1) is 31.6 Å². The molecule has 1 amide bonds. The molecule has 144 valence electrons. The number of aromatic nitrogens is 2. The third kappa shape index (κ3) is 3.54. The van der Waals surface area contributed by atoms with Crippen molar-refractivity contribution in [3.8, 4) is 0 Å². The molecule has 4 rings (SSSR count).